The minimum absolute atomic E-state index is 0.242. The van der Waals surface area contributed by atoms with E-state index < -0.39 is 24.5 Å². The maximum atomic E-state index is 11.9. The van der Waals surface area contributed by atoms with E-state index in [0.29, 0.717) is 24.9 Å². The summed E-state index contributed by atoms with van der Waals surface area (Å²) in [5, 5.41) is 8.48. The van der Waals surface area contributed by atoms with Gasteiger partial charge in [-0.05, 0) is 23.2 Å². The van der Waals surface area contributed by atoms with Crippen molar-refractivity contribution in [3.8, 4) is 0 Å². The Balaban J connectivity index is 0. The number of fused-ring (bicyclic) bond motifs is 1. The molecule has 1 saturated heterocycles. The summed E-state index contributed by atoms with van der Waals surface area (Å²) in [4.78, 5) is 32.0. The Morgan fingerprint density at radius 3 is 1.81 bits per heavy atom. The molecule has 0 aromatic rings. The van der Waals surface area contributed by atoms with E-state index in [0.717, 1.165) is 5.92 Å². The largest absolute Gasteiger partial charge is 0.483 e. The lowest BCUT2D eigenvalue weighted by atomic mass is 10.1. The van der Waals surface area contributed by atoms with Crippen LogP contribution in [0.25, 0.3) is 0 Å². The number of halogens is 3. The molecule has 1 aliphatic heterocycles. The van der Waals surface area contributed by atoms with Crippen molar-refractivity contribution in [2.45, 2.75) is 54.6 Å². The first-order chi connectivity index (χ1) is 12.3. The number of nitrogens with zero attached hydrogens (tertiary/aromatic N) is 1. The van der Waals surface area contributed by atoms with E-state index in [1.807, 2.05) is 13.8 Å². The summed E-state index contributed by atoms with van der Waals surface area (Å²) in [6.07, 6.45) is -4.94. The van der Waals surface area contributed by atoms with Crippen LogP contribution in [-0.4, -0.2) is 54.1 Å². The molecule has 2 rings (SSSR count). The van der Waals surface area contributed by atoms with Crippen molar-refractivity contribution in [2.24, 2.45) is 23.2 Å². The molecular formula is C18H33F3N2O4. The van der Waals surface area contributed by atoms with Gasteiger partial charge in [0.15, 0.2) is 0 Å². The molecule has 1 aliphatic carbocycles. The molecule has 9 heteroatoms. The van der Waals surface area contributed by atoms with Crippen LogP contribution in [0.3, 0.4) is 0 Å². The number of amides is 2. The number of nitrogens with one attached hydrogen (secondary N) is 1. The summed E-state index contributed by atoms with van der Waals surface area (Å²) in [6.45, 7) is 15.1. The predicted molar refractivity (Wildman–Crippen MR) is 97.0 cm³/mol. The van der Waals surface area contributed by atoms with E-state index in [2.05, 4.69) is 34.6 Å². The highest BCUT2D eigenvalue weighted by Crippen LogP contribution is 2.61. The second kappa shape index (κ2) is 11.8. The molecule has 0 bridgehead atoms. The van der Waals surface area contributed by atoms with Crippen molar-refractivity contribution < 1.29 is 32.7 Å². The zero-order chi connectivity index (χ0) is 22.0. The fraction of sp³-hybridized carbons (Fsp3) is 0.833. The van der Waals surface area contributed by atoms with E-state index in [-0.39, 0.29) is 11.9 Å². The number of hydrogen-bond donors (Lipinski definition) is 2. The number of piperidine rings is 1. The van der Waals surface area contributed by atoms with Gasteiger partial charge in [-0.3, -0.25) is 14.4 Å². The van der Waals surface area contributed by atoms with E-state index in [1.165, 1.54) is 4.90 Å². The Bertz CT molecular complexity index is 463. The topological polar surface area (TPSA) is 86.7 Å². The average Bonchev–Trinajstić information content (AvgIpc) is 2.92. The molecule has 2 amide bonds. The van der Waals surface area contributed by atoms with Crippen LogP contribution in [0.5, 0.6) is 0 Å². The van der Waals surface area contributed by atoms with Gasteiger partial charge in [0.1, 0.15) is 0 Å². The number of rotatable bonds is 2. The highest BCUT2D eigenvalue weighted by Gasteiger charge is 2.62. The second-order valence-electron chi connectivity index (χ2n) is 7.35. The molecule has 0 radical (unpaired) electrons. The summed E-state index contributed by atoms with van der Waals surface area (Å²) >= 11 is 0. The van der Waals surface area contributed by atoms with Crippen molar-refractivity contribution in [1.29, 1.82) is 0 Å². The molecule has 2 atom stereocenters. The number of hydrogen-bond acceptors (Lipinski definition) is 3. The smallest absolute Gasteiger partial charge is 0.471 e. The second-order valence-corrected chi connectivity index (χ2v) is 7.35. The highest BCUT2D eigenvalue weighted by atomic mass is 19.4. The van der Waals surface area contributed by atoms with E-state index >= 15 is 0 Å². The Hall–Kier alpha value is -1.80. The van der Waals surface area contributed by atoms with Crippen LogP contribution in [0, 0.1) is 23.2 Å². The third-order valence-electron chi connectivity index (χ3n) is 4.13. The van der Waals surface area contributed by atoms with Gasteiger partial charge in [0, 0.05) is 13.1 Å². The van der Waals surface area contributed by atoms with Crippen molar-refractivity contribution in [3.05, 3.63) is 0 Å². The van der Waals surface area contributed by atoms with Crippen molar-refractivity contribution in [2.75, 3.05) is 19.6 Å². The maximum Gasteiger partial charge on any atom is 0.471 e. The van der Waals surface area contributed by atoms with Gasteiger partial charge >= 0.3 is 12.1 Å². The molecule has 0 aromatic carbocycles. The zero-order valence-electron chi connectivity index (χ0n) is 17.2. The third-order valence-corrected chi connectivity index (χ3v) is 4.13. The number of likely N-dealkylation sites (tertiary alicyclic amines) is 1. The SMILES string of the molecule is CC.CC(C)C.CC1(C)C2CN(C(=O)CNC(=O)C(F)(F)F)CC21.O=CO. The molecule has 2 unspecified atom stereocenters. The molecule has 1 heterocycles. The van der Waals surface area contributed by atoms with Crippen molar-refractivity contribution in [3.63, 3.8) is 0 Å². The monoisotopic (exact) mass is 398 g/mol. The summed E-state index contributed by atoms with van der Waals surface area (Å²) in [7, 11) is 0. The molecule has 2 fully saturated rings. The summed E-state index contributed by atoms with van der Waals surface area (Å²) < 4.78 is 35.7. The first-order valence-corrected chi connectivity index (χ1v) is 8.99. The average molecular weight is 398 g/mol. The standard InChI is InChI=1S/C11H15F3N2O2.C4H10.C2H6.CH2O2/c1-10(2)6-4-16(5-7(6)10)8(17)3-15-9(18)11(12,13)14;1-4(2)3;1-2;2-1-3/h6-7H,3-5H2,1-2H3,(H,15,18);4H,1-3H3;1-2H3;1H,(H,2,3). The van der Waals surface area contributed by atoms with Gasteiger partial charge in [0.25, 0.3) is 6.47 Å². The molecule has 1 saturated carbocycles. The quantitative estimate of drug-likeness (QED) is 0.700. The van der Waals surface area contributed by atoms with E-state index in [1.54, 1.807) is 5.32 Å². The van der Waals surface area contributed by atoms with Crippen LogP contribution in [0.4, 0.5) is 13.2 Å². The summed E-state index contributed by atoms with van der Waals surface area (Å²) in [5.74, 6) is -0.796. The number of carbonyl (C=O) groups excluding carboxylic acids is 2. The minimum Gasteiger partial charge on any atom is -0.483 e. The van der Waals surface area contributed by atoms with Gasteiger partial charge in [-0.2, -0.15) is 13.2 Å². The fourth-order valence-electron chi connectivity index (χ4n) is 2.70. The predicted octanol–water partition coefficient (Wildman–Crippen LogP) is 3.17. The molecule has 27 heavy (non-hydrogen) atoms. The molecule has 6 nitrogen and oxygen atoms in total. The van der Waals surface area contributed by atoms with Crippen LogP contribution in [0.1, 0.15) is 48.5 Å². The Morgan fingerprint density at radius 2 is 1.52 bits per heavy atom. The Morgan fingerprint density at radius 1 is 1.19 bits per heavy atom. The number of carbonyl (C=O) groups is 3. The summed E-state index contributed by atoms with van der Waals surface area (Å²) in [5.41, 5.74) is 0.242. The first kappa shape index (κ1) is 27.4. The van der Waals surface area contributed by atoms with Crippen LogP contribution < -0.4 is 5.32 Å². The Kier molecular flexibility index (Phi) is 12.0. The Labute approximate surface area is 159 Å². The van der Waals surface area contributed by atoms with Gasteiger partial charge in [0.05, 0.1) is 6.54 Å². The molecular weight excluding hydrogens is 365 g/mol. The lowest BCUT2D eigenvalue weighted by Gasteiger charge is -2.22. The van der Waals surface area contributed by atoms with E-state index in [4.69, 9.17) is 9.90 Å². The van der Waals surface area contributed by atoms with Crippen LogP contribution in [0.15, 0.2) is 0 Å². The van der Waals surface area contributed by atoms with E-state index in [9.17, 15) is 22.8 Å². The molecule has 2 aliphatic rings. The molecule has 2 N–H and O–H groups in total. The lowest BCUT2D eigenvalue weighted by Crippen LogP contribution is -2.44. The number of alkyl halides is 3. The van der Waals surface area contributed by atoms with Gasteiger partial charge < -0.3 is 15.3 Å². The van der Waals surface area contributed by atoms with Crippen molar-refractivity contribution in [1.82, 2.24) is 10.2 Å². The first-order valence-electron chi connectivity index (χ1n) is 8.99. The van der Waals surface area contributed by atoms with Gasteiger partial charge in [-0.1, -0.05) is 48.5 Å². The number of carboxylic acid groups (broad SMARTS) is 1. The van der Waals surface area contributed by atoms with Gasteiger partial charge in [-0.25, -0.2) is 0 Å². The molecule has 0 spiro atoms. The molecule has 0 aromatic heterocycles. The normalized spacial score (nSPS) is 21.2. The van der Waals surface area contributed by atoms with Gasteiger partial charge in [-0.15, -0.1) is 0 Å². The van der Waals surface area contributed by atoms with Crippen LogP contribution in [0.2, 0.25) is 0 Å². The maximum absolute atomic E-state index is 11.9. The lowest BCUT2D eigenvalue weighted by molar-refractivity contribution is -0.174. The fourth-order valence-corrected chi connectivity index (χ4v) is 2.70. The van der Waals surface area contributed by atoms with Gasteiger partial charge in [0.2, 0.25) is 5.91 Å². The highest BCUT2D eigenvalue weighted by molar-refractivity contribution is 5.87. The molecule has 160 valence electrons. The van der Waals surface area contributed by atoms with Crippen LogP contribution >= 0.6 is 0 Å². The summed E-state index contributed by atoms with van der Waals surface area (Å²) in [6, 6.07) is 0. The van der Waals surface area contributed by atoms with Crippen LogP contribution in [-0.2, 0) is 14.4 Å². The zero-order valence-corrected chi connectivity index (χ0v) is 17.2. The minimum atomic E-state index is -4.94. The van der Waals surface area contributed by atoms with Crippen molar-refractivity contribution >= 4 is 18.3 Å². The third kappa shape index (κ3) is 9.63.